The van der Waals surface area contributed by atoms with Crippen LogP contribution in [-0.4, -0.2) is 18.1 Å². The Kier molecular flexibility index (Phi) is 3.49. The lowest BCUT2D eigenvalue weighted by atomic mass is 9.99. The second kappa shape index (κ2) is 5.29. The molecule has 0 atom stereocenters. The van der Waals surface area contributed by atoms with E-state index in [1.165, 1.54) is 23.3 Å². The minimum absolute atomic E-state index is 0.0232. The number of aromatic hydroxyl groups is 1. The number of hydrogen-bond acceptors (Lipinski definition) is 3. The zero-order valence-corrected chi connectivity index (χ0v) is 12.2. The fourth-order valence-corrected chi connectivity index (χ4v) is 3.78. The summed E-state index contributed by atoms with van der Waals surface area (Å²) in [6.45, 7) is 0. The van der Waals surface area contributed by atoms with Crippen molar-refractivity contribution in [3.63, 3.8) is 0 Å². The van der Waals surface area contributed by atoms with Crippen LogP contribution in [0.25, 0.3) is 0 Å². The molecule has 0 spiro atoms. The van der Waals surface area contributed by atoms with Gasteiger partial charge in [0.1, 0.15) is 5.75 Å². The van der Waals surface area contributed by atoms with Gasteiger partial charge in [0, 0.05) is 17.6 Å². The van der Waals surface area contributed by atoms with E-state index >= 15 is 0 Å². The van der Waals surface area contributed by atoms with Crippen LogP contribution in [0.3, 0.4) is 0 Å². The van der Waals surface area contributed by atoms with Crippen LogP contribution in [0.15, 0.2) is 30.3 Å². The quantitative estimate of drug-likeness (QED) is 0.916. The number of carbonyl (C=O) groups is 1. The van der Waals surface area contributed by atoms with Crippen LogP contribution >= 0.6 is 11.3 Å². The molecule has 1 heterocycles. The number of aryl methyl sites for hydroxylation is 2. The number of carbonyl (C=O) groups excluding carboxylic acids is 1. The molecular weight excluding hydrogens is 270 g/mol. The molecule has 3 rings (SSSR count). The second-order valence-corrected chi connectivity index (χ2v) is 6.28. The first-order valence-electron chi connectivity index (χ1n) is 6.84. The predicted octanol–water partition coefficient (Wildman–Crippen LogP) is 3.61. The number of phenolic OH excluding ortho intramolecular Hbond substituents is 1. The average Bonchev–Trinajstić information content (AvgIpc) is 2.90. The van der Waals surface area contributed by atoms with E-state index < -0.39 is 0 Å². The summed E-state index contributed by atoms with van der Waals surface area (Å²) in [6, 6.07) is 8.75. The van der Waals surface area contributed by atoms with E-state index in [0.717, 1.165) is 23.4 Å². The Morgan fingerprint density at radius 3 is 2.60 bits per heavy atom. The van der Waals surface area contributed by atoms with Gasteiger partial charge in [-0.05, 0) is 61.6 Å². The minimum Gasteiger partial charge on any atom is -0.508 e. The number of rotatable bonds is 2. The maximum absolute atomic E-state index is 12.5. The van der Waals surface area contributed by atoms with Crippen LogP contribution in [-0.2, 0) is 12.8 Å². The highest BCUT2D eigenvalue weighted by Gasteiger charge is 2.20. The molecule has 0 unspecified atom stereocenters. The van der Waals surface area contributed by atoms with Gasteiger partial charge in [0.2, 0.25) is 0 Å². The van der Waals surface area contributed by atoms with Crippen LogP contribution in [0.2, 0.25) is 0 Å². The molecular formula is C16H17NO2S. The van der Waals surface area contributed by atoms with Gasteiger partial charge in [0.25, 0.3) is 5.91 Å². The van der Waals surface area contributed by atoms with Crippen molar-refractivity contribution < 1.29 is 9.90 Å². The van der Waals surface area contributed by atoms with E-state index in [0.29, 0.717) is 0 Å². The third kappa shape index (κ3) is 2.43. The monoisotopic (exact) mass is 287 g/mol. The molecule has 1 aliphatic carbocycles. The topological polar surface area (TPSA) is 40.5 Å². The van der Waals surface area contributed by atoms with Crippen molar-refractivity contribution in [2.45, 2.75) is 25.7 Å². The molecule has 1 aromatic heterocycles. The highest BCUT2D eigenvalue weighted by molar-refractivity contribution is 7.14. The van der Waals surface area contributed by atoms with Crippen LogP contribution in [0.4, 0.5) is 5.69 Å². The van der Waals surface area contributed by atoms with Crippen molar-refractivity contribution in [3.8, 4) is 5.75 Å². The number of thiophene rings is 1. The number of anilines is 1. The molecule has 0 saturated heterocycles. The van der Waals surface area contributed by atoms with Crippen molar-refractivity contribution in [2.24, 2.45) is 0 Å². The maximum Gasteiger partial charge on any atom is 0.268 e. The normalized spacial score (nSPS) is 13.8. The Balaban J connectivity index is 1.84. The molecule has 104 valence electrons. The molecule has 0 fully saturated rings. The molecule has 0 radical (unpaired) electrons. The van der Waals surface area contributed by atoms with E-state index in [1.54, 1.807) is 47.5 Å². The van der Waals surface area contributed by atoms with Gasteiger partial charge in [-0.25, -0.2) is 0 Å². The summed E-state index contributed by atoms with van der Waals surface area (Å²) in [4.78, 5) is 16.3. The number of nitrogens with zero attached hydrogens (tertiary/aromatic N) is 1. The summed E-state index contributed by atoms with van der Waals surface area (Å²) in [7, 11) is 1.77. The van der Waals surface area contributed by atoms with Crippen molar-refractivity contribution in [1.29, 1.82) is 0 Å². The molecule has 1 aromatic carbocycles. The molecule has 2 aromatic rings. The Morgan fingerprint density at radius 2 is 1.90 bits per heavy atom. The standard InChI is InChI=1S/C16H17NO2S/c1-17(12-6-8-13(18)9-7-12)16(19)15-10-11-4-2-3-5-14(11)20-15/h6-10,18H,2-5H2,1H3. The molecule has 1 aliphatic rings. The van der Waals surface area contributed by atoms with Crippen LogP contribution in [0.5, 0.6) is 5.75 Å². The summed E-state index contributed by atoms with van der Waals surface area (Å²) >= 11 is 1.63. The SMILES string of the molecule is CN(C(=O)c1cc2c(s1)CCCC2)c1ccc(O)cc1. The predicted molar refractivity (Wildman–Crippen MR) is 81.8 cm³/mol. The van der Waals surface area contributed by atoms with Gasteiger partial charge in [0.05, 0.1) is 4.88 Å². The first-order valence-corrected chi connectivity index (χ1v) is 7.65. The third-order valence-corrected chi connectivity index (χ3v) is 4.97. The highest BCUT2D eigenvalue weighted by Crippen LogP contribution is 2.31. The van der Waals surface area contributed by atoms with Gasteiger partial charge in [0.15, 0.2) is 0 Å². The van der Waals surface area contributed by atoms with Gasteiger partial charge in [-0.3, -0.25) is 4.79 Å². The zero-order chi connectivity index (χ0) is 14.1. The zero-order valence-electron chi connectivity index (χ0n) is 11.4. The third-order valence-electron chi connectivity index (χ3n) is 3.75. The molecule has 0 aliphatic heterocycles. The summed E-state index contributed by atoms with van der Waals surface area (Å²) in [5.74, 6) is 0.233. The lowest BCUT2D eigenvalue weighted by Gasteiger charge is -2.16. The number of benzene rings is 1. The fourth-order valence-electron chi connectivity index (χ4n) is 2.55. The van der Waals surface area contributed by atoms with E-state index in [2.05, 4.69) is 6.07 Å². The molecule has 0 saturated carbocycles. The number of phenols is 1. The number of fused-ring (bicyclic) bond motifs is 1. The van der Waals surface area contributed by atoms with Crippen molar-refractivity contribution >= 4 is 22.9 Å². The first-order chi connectivity index (χ1) is 9.65. The van der Waals surface area contributed by atoms with Gasteiger partial charge in [-0.2, -0.15) is 0 Å². The fraction of sp³-hybridized carbons (Fsp3) is 0.312. The minimum atomic E-state index is 0.0232. The lowest BCUT2D eigenvalue weighted by molar-refractivity contribution is 0.0997. The molecule has 1 N–H and O–H groups in total. The van der Waals surface area contributed by atoms with Gasteiger partial charge < -0.3 is 10.0 Å². The molecule has 4 heteroatoms. The van der Waals surface area contributed by atoms with E-state index in [1.807, 2.05) is 0 Å². The van der Waals surface area contributed by atoms with E-state index in [9.17, 15) is 9.90 Å². The average molecular weight is 287 g/mol. The molecule has 20 heavy (non-hydrogen) atoms. The maximum atomic E-state index is 12.5. The van der Waals surface area contributed by atoms with Crippen LogP contribution in [0, 0.1) is 0 Å². The van der Waals surface area contributed by atoms with Crippen LogP contribution < -0.4 is 4.90 Å². The van der Waals surface area contributed by atoms with Crippen LogP contribution in [0.1, 0.15) is 33.0 Å². The van der Waals surface area contributed by atoms with Gasteiger partial charge >= 0.3 is 0 Å². The Hall–Kier alpha value is -1.81. The molecule has 1 amide bonds. The Bertz CT molecular complexity index is 607. The van der Waals surface area contributed by atoms with Gasteiger partial charge in [-0.1, -0.05) is 0 Å². The van der Waals surface area contributed by atoms with Crippen molar-refractivity contribution in [2.75, 3.05) is 11.9 Å². The number of amides is 1. The Morgan fingerprint density at radius 1 is 1.20 bits per heavy atom. The number of hydrogen-bond donors (Lipinski definition) is 1. The molecule has 3 nitrogen and oxygen atoms in total. The molecule has 0 bridgehead atoms. The largest absolute Gasteiger partial charge is 0.508 e. The summed E-state index contributed by atoms with van der Waals surface area (Å²) in [6.07, 6.45) is 4.67. The highest BCUT2D eigenvalue weighted by atomic mass is 32.1. The summed E-state index contributed by atoms with van der Waals surface area (Å²) in [5.41, 5.74) is 2.14. The Labute approximate surface area is 122 Å². The summed E-state index contributed by atoms with van der Waals surface area (Å²) in [5, 5.41) is 9.30. The summed E-state index contributed by atoms with van der Waals surface area (Å²) < 4.78 is 0. The van der Waals surface area contributed by atoms with E-state index in [4.69, 9.17) is 0 Å². The second-order valence-electron chi connectivity index (χ2n) is 5.15. The lowest BCUT2D eigenvalue weighted by Crippen LogP contribution is -2.25. The van der Waals surface area contributed by atoms with E-state index in [-0.39, 0.29) is 11.7 Å². The van der Waals surface area contributed by atoms with Gasteiger partial charge in [-0.15, -0.1) is 11.3 Å². The smallest absolute Gasteiger partial charge is 0.268 e. The first kappa shape index (κ1) is 13.2. The van der Waals surface area contributed by atoms with Crippen molar-refractivity contribution in [3.05, 3.63) is 45.6 Å². The van der Waals surface area contributed by atoms with Crippen molar-refractivity contribution in [1.82, 2.24) is 0 Å².